The van der Waals surface area contributed by atoms with E-state index in [0.29, 0.717) is 34.9 Å². The van der Waals surface area contributed by atoms with Crippen molar-refractivity contribution in [2.24, 2.45) is 11.8 Å². The van der Waals surface area contributed by atoms with Crippen LogP contribution in [0.25, 0.3) is 29.6 Å². The zero-order valence-electron chi connectivity index (χ0n) is 38.3. The van der Waals surface area contributed by atoms with Gasteiger partial charge >= 0.3 is 36.2 Å². The molecule has 16 heteroatoms. The summed E-state index contributed by atoms with van der Waals surface area (Å²) in [5, 5.41) is 1.52. The average Bonchev–Trinajstić information content (AvgIpc) is 3.77. The van der Waals surface area contributed by atoms with Gasteiger partial charge in [0.05, 0.1) is 9.40 Å². The molecule has 0 spiro atoms. The van der Waals surface area contributed by atoms with Crippen molar-refractivity contribution in [3.8, 4) is 0 Å². The van der Waals surface area contributed by atoms with Gasteiger partial charge in [-0.2, -0.15) is 26.3 Å². The number of benzene rings is 2. The summed E-state index contributed by atoms with van der Waals surface area (Å²) in [4.78, 5) is 51.6. The van der Waals surface area contributed by atoms with Crippen LogP contribution < -0.4 is 0 Å². The van der Waals surface area contributed by atoms with Gasteiger partial charge < -0.3 is 18.9 Å². The number of carbonyl (C=O) groups excluding carboxylic acids is 4. The lowest BCUT2D eigenvalue weighted by molar-refractivity contribution is -0.184. The topological polar surface area (TPSA) is 105 Å². The molecule has 2 heterocycles. The molecule has 0 N–H and O–H groups in total. The van der Waals surface area contributed by atoms with Gasteiger partial charge in [0, 0.05) is 67.1 Å². The van der Waals surface area contributed by atoms with Gasteiger partial charge in [0.25, 0.3) is 0 Å². The van der Waals surface area contributed by atoms with Gasteiger partial charge in [-0.05, 0) is 49.9 Å². The van der Waals surface area contributed by atoms with Crippen molar-refractivity contribution in [1.29, 1.82) is 0 Å². The molecule has 6 unspecified atom stereocenters. The standard InChI is InChI=1S/C50H62F6O8S2/c1-5-9-11-13-15-17-19-29-21-37(61-41(57)7-3)31-23-35-39(25-33(31)45(29)63-42(58)8-4)65-48-36-24-32-34(26-40(36)66-47(35)48)46(64-44(60)28-50(54,55)56)30(20-18-16-14-12-10-6-2)22-38(32)62-43(59)27-49(51,52)53/h23-26,29-30,37-38,45-46H,5-22,27-28H2,1-4H3. The van der Waals surface area contributed by atoms with E-state index in [0.717, 1.165) is 101 Å². The maximum absolute atomic E-state index is 13.5. The highest BCUT2D eigenvalue weighted by atomic mass is 32.1. The second kappa shape index (κ2) is 22.9. The third-order valence-corrected chi connectivity index (χ3v) is 15.4. The number of esters is 4. The van der Waals surface area contributed by atoms with Crippen LogP contribution in [-0.4, -0.2) is 36.2 Å². The zero-order valence-corrected chi connectivity index (χ0v) is 39.9. The van der Waals surface area contributed by atoms with Crippen molar-refractivity contribution in [2.45, 2.75) is 193 Å². The minimum absolute atomic E-state index is 0.0525. The van der Waals surface area contributed by atoms with E-state index in [-0.39, 0.29) is 42.7 Å². The van der Waals surface area contributed by atoms with Crippen LogP contribution in [0.1, 0.15) is 203 Å². The molecule has 0 fully saturated rings. The van der Waals surface area contributed by atoms with Crippen molar-refractivity contribution >= 4 is 76.1 Å². The molecule has 0 amide bonds. The Hall–Kier alpha value is -3.92. The summed E-state index contributed by atoms with van der Waals surface area (Å²) in [7, 11) is 0. The Bertz CT molecular complexity index is 2310. The second-order valence-electron chi connectivity index (χ2n) is 18.0. The lowest BCUT2D eigenvalue weighted by Gasteiger charge is -2.37. The van der Waals surface area contributed by atoms with Crippen LogP contribution >= 0.6 is 22.7 Å². The molecule has 0 radical (unpaired) electrons. The Morgan fingerprint density at radius 3 is 1.27 bits per heavy atom. The average molecular weight is 969 g/mol. The van der Waals surface area contributed by atoms with E-state index in [4.69, 9.17) is 18.9 Å². The number of hydrogen-bond acceptors (Lipinski definition) is 10. The first-order valence-corrected chi connectivity index (χ1v) is 25.4. The highest BCUT2D eigenvalue weighted by Crippen LogP contribution is 2.54. The number of alkyl halides is 6. The summed E-state index contributed by atoms with van der Waals surface area (Å²) in [6.45, 7) is 7.73. The number of carbonyl (C=O) groups is 4. The minimum Gasteiger partial charge on any atom is -0.457 e. The molecule has 2 aromatic heterocycles. The van der Waals surface area contributed by atoms with Crippen LogP contribution in [0, 0.1) is 11.8 Å². The lowest BCUT2D eigenvalue weighted by atomic mass is 9.76. The highest BCUT2D eigenvalue weighted by molar-refractivity contribution is 7.36. The predicted octanol–water partition coefficient (Wildman–Crippen LogP) is 15.9. The van der Waals surface area contributed by atoms with E-state index in [2.05, 4.69) is 13.8 Å². The summed E-state index contributed by atoms with van der Waals surface area (Å²) in [5.74, 6) is -4.40. The molecule has 2 aliphatic carbocycles. The van der Waals surface area contributed by atoms with Crippen LogP contribution in [0.3, 0.4) is 0 Å². The fourth-order valence-corrected chi connectivity index (χ4v) is 12.4. The van der Waals surface area contributed by atoms with Gasteiger partial charge in [0.2, 0.25) is 0 Å². The number of unbranched alkanes of at least 4 members (excludes halogenated alkanes) is 10. The lowest BCUT2D eigenvalue weighted by Crippen LogP contribution is -2.31. The maximum Gasteiger partial charge on any atom is 0.399 e. The summed E-state index contributed by atoms with van der Waals surface area (Å²) in [6, 6.07) is 7.42. The van der Waals surface area contributed by atoms with Crippen LogP contribution in [0.5, 0.6) is 0 Å². The van der Waals surface area contributed by atoms with Crippen LogP contribution in [0.2, 0.25) is 0 Å². The summed E-state index contributed by atoms with van der Waals surface area (Å²) < 4.78 is 108. The Morgan fingerprint density at radius 2 is 0.864 bits per heavy atom. The number of hydrogen-bond donors (Lipinski definition) is 0. The monoisotopic (exact) mass is 968 g/mol. The molecule has 2 aromatic carbocycles. The zero-order chi connectivity index (χ0) is 47.8. The Labute approximate surface area is 390 Å². The second-order valence-corrected chi connectivity index (χ2v) is 20.1. The van der Waals surface area contributed by atoms with Gasteiger partial charge in [0.1, 0.15) is 37.3 Å². The number of thiophene rings is 2. The third kappa shape index (κ3) is 13.2. The quantitative estimate of drug-likeness (QED) is 0.0332. The van der Waals surface area contributed by atoms with Crippen molar-refractivity contribution in [3.63, 3.8) is 0 Å². The largest absolute Gasteiger partial charge is 0.457 e. The van der Waals surface area contributed by atoms with Crippen molar-refractivity contribution in [1.82, 2.24) is 0 Å². The van der Waals surface area contributed by atoms with E-state index in [1.807, 2.05) is 12.1 Å². The molecular formula is C50H62F6O8S2. The molecule has 0 saturated heterocycles. The third-order valence-electron chi connectivity index (χ3n) is 12.9. The molecule has 0 bridgehead atoms. The Morgan fingerprint density at radius 1 is 0.500 bits per heavy atom. The molecule has 0 saturated carbocycles. The summed E-state index contributed by atoms with van der Waals surface area (Å²) in [6.07, 6.45) is -2.96. The van der Waals surface area contributed by atoms with Crippen LogP contribution in [-0.2, 0) is 38.1 Å². The van der Waals surface area contributed by atoms with E-state index < -0.39 is 67.5 Å². The maximum atomic E-state index is 13.5. The molecule has 8 nitrogen and oxygen atoms in total. The highest BCUT2D eigenvalue weighted by Gasteiger charge is 2.43. The number of rotatable bonds is 22. The van der Waals surface area contributed by atoms with E-state index in [1.54, 1.807) is 26.0 Å². The van der Waals surface area contributed by atoms with Gasteiger partial charge in [-0.1, -0.05) is 105 Å². The fraction of sp³-hybridized carbons (Fsp3) is 0.640. The van der Waals surface area contributed by atoms with Crippen molar-refractivity contribution < 1.29 is 64.5 Å². The SMILES string of the molecule is CCCCCCCCC1CC(OC(=O)CC)c2cc3c(cc2C1OC(=O)CC)sc1c2cc4c(cc2sc31)C(OC(=O)CC(F)(F)F)C(CCCCCCCC)CC4OC(=O)CC(F)(F)F. The van der Waals surface area contributed by atoms with Gasteiger partial charge in [-0.15, -0.1) is 22.7 Å². The number of fused-ring (bicyclic) bond motifs is 7. The van der Waals surface area contributed by atoms with Gasteiger partial charge in [-0.25, -0.2) is 0 Å². The molecule has 4 aromatic rings. The van der Waals surface area contributed by atoms with Crippen LogP contribution in [0.15, 0.2) is 24.3 Å². The van der Waals surface area contributed by atoms with Crippen molar-refractivity contribution in [2.75, 3.05) is 0 Å². The normalized spacial score (nSPS) is 20.9. The van der Waals surface area contributed by atoms with E-state index >= 15 is 0 Å². The minimum atomic E-state index is -4.84. The number of halogens is 6. The summed E-state index contributed by atoms with van der Waals surface area (Å²) in [5.41, 5.74) is 2.07. The van der Waals surface area contributed by atoms with E-state index in [1.165, 1.54) is 29.1 Å². The Balaban J connectivity index is 1.46. The molecule has 66 heavy (non-hydrogen) atoms. The smallest absolute Gasteiger partial charge is 0.399 e. The molecule has 2 aliphatic rings. The number of ether oxygens (including phenoxy) is 4. The fourth-order valence-electron chi connectivity index (χ4n) is 9.66. The first kappa shape index (κ1) is 51.5. The molecule has 6 rings (SSSR count). The predicted molar refractivity (Wildman–Crippen MR) is 244 cm³/mol. The molecule has 6 atom stereocenters. The first-order chi connectivity index (χ1) is 31.4. The van der Waals surface area contributed by atoms with Crippen molar-refractivity contribution in [3.05, 3.63) is 46.5 Å². The van der Waals surface area contributed by atoms with Crippen LogP contribution in [0.4, 0.5) is 26.3 Å². The molecule has 0 aliphatic heterocycles. The molecule has 364 valence electrons. The Kier molecular flexibility index (Phi) is 17.9. The van der Waals surface area contributed by atoms with E-state index in [9.17, 15) is 45.5 Å². The van der Waals surface area contributed by atoms with Gasteiger partial charge in [-0.3, -0.25) is 19.2 Å². The summed E-state index contributed by atoms with van der Waals surface area (Å²) >= 11 is 2.85. The first-order valence-electron chi connectivity index (χ1n) is 23.8. The molecular weight excluding hydrogens is 907 g/mol. The van der Waals surface area contributed by atoms with Gasteiger partial charge in [0.15, 0.2) is 0 Å².